The Morgan fingerprint density at radius 3 is 3.06 bits per heavy atom. The molecule has 0 fully saturated rings. The molecule has 0 aromatic carbocycles. The molecule has 2 heterocycles. The molecule has 7 heteroatoms. The molecule has 82 valence electrons. The predicted octanol–water partition coefficient (Wildman–Crippen LogP) is 0.574. The molecule has 0 aliphatic rings. The smallest absolute Gasteiger partial charge is 0.332 e. The Morgan fingerprint density at radius 1 is 1.62 bits per heavy atom. The van der Waals surface area contributed by atoms with Crippen molar-refractivity contribution < 1.29 is 14.3 Å². The van der Waals surface area contributed by atoms with Crippen LogP contribution in [0.2, 0.25) is 0 Å². The molecule has 16 heavy (non-hydrogen) atoms. The highest BCUT2D eigenvalue weighted by Crippen LogP contribution is 2.13. The van der Waals surface area contributed by atoms with Crippen LogP contribution in [0.3, 0.4) is 0 Å². The zero-order valence-corrected chi connectivity index (χ0v) is 8.20. The molecular weight excluding hydrogens is 212 g/mol. The van der Waals surface area contributed by atoms with Crippen LogP contribution in [0, 0.1) is 0 Å². The Balaban J connectivity index is 2.14. The quantitative estimate of drug-likeness (QED) is 0.757. The number of tetrazole rings is 1. The number of carboxylic acids is 1. The van der Waals surface area contributed by atoms with Crippen LogP contribution in [-0.2, 0) is 11.3 Å². The number of rotatable bonds is 4. The van der Waals surface area contributed by atoms with Gasteiger partial charge >= 0.3 is 5.97 Å². The fourth-order valence-electron chi connectivity index (χ4n) is 1.05. The number of aromatic nitrogens is 4. The molecule has 0 aliphatic carbocycles. The molecule has 0 saturated carbocycles. The van der Waals surface area contributed by atoms with E-state index in [2.05, 4.69) is 22.0 Å². The molecule has 0 bridgehead atoms. The van der Waals surface area contributed by atoms with Gasteiger partial charge in [0.05, 0.1) is 18.4 Å². The molecule has 2 aromatic heterocycles. The molecule has 0 saturated heterocycles. The minimum atomic E-state index is -1.09. The van der Waals surface area contributed by atoms with Crippen molar-refractivity contribution in [2.75, 3.05) is 0 Å². The van der Waals surface area contributed by atoms with Gasteiger partial charge in [0.25, 0.3) is 0 Å². The summed E-state index contributed by atoms with van der Waals surface area (Å²) in [5.74, 6) is -0.299. The summed E-state index contributed by atoms with van der Waals surface area (Å²) in [4.78, 5) is 11.7. The average molecular weight is 220 g/mol. The van der Waals surface area contributed by atoms with E-state index in [1.165, 1.54) is 6.26 Å². The van der Waals surface area contributed by atoms with Crippen molar-refractivity contribution in [2.45, 2.75) is 6.54 Å². The Labute approximate surface area is 90.0 Å². The van der Waals surface area contributed by atoms with Gasteiger partial charge in [-0.3, -0.25) is 0 Å². The number of carboxylic acid groups (broad SMARTS) is 1. The molecule has 0 spiro atoms. The maximum atomic E-state index is 10.5. The second kappa shape index (κ2) is 3.97. The third kappa shape index (κ3) is 1.97. The lowest BCUT2D eigenvalue weighted by molar-refractivity contribution is -0.132. The summed E-state index contributed by atoms with van der Waals surface area (Å²) in [5, 5.41) is 20.0. The van der Waals surface area contributed by atoms with E-state index < -0.39 is 5.97 Å². The van der Waals surface area contributed by atoms with Gasteiger partial charge in [-0.25, -0.2) is 4.79 Å². The number of aliphatic carboxylic acids is 1. The maximum absolute atomic E-state index is 10.5. The van der Waals surface area contributed by atoms with Crippen LogP contribution in [0.4, 0.5) is 0 Å². The molecule has 2 aromatic rings. The van der Waals surface area contributed by atoms with Gasteiger partial charge in [-0.05, 0) is 17.3 Å². The number of hydrogen-bond donors (Lipinski definition) is 1. The first kappa shape index (κ1) is 10.1. The maximum Gasteiger partial charge on any atom is 0.332 e. The third-order valence-electron chi connectivity index (χ3n) is 1.83. The van der Waals surface area contributed by atoms with Gasteiger partial charge in [0.15, 0.2) is 5.76 Å². The van der Waals surface area contributed by atoms with Crippen molar-refractivity contribution >= 4 is 5.97 Å². The molecule has 2 rings (SSSR count). The Kier molecular flexibility index (Phi) is 2.50. The van der Waals surface area contributed by atoms with Crippen molar-refractivity contribution in [1.82, 2.24) is 20.2 Å². The monoisotopic (exact) mass is 220 g/mol. The Bertz CT molecular complexity index is 515. The van der Waals surface area contributed by atoms with Gasteiger partial charge in [0.2, 0.25) is 5.82 Å². The summed E-state index contributed by atoms with van der Waals surface area (Å²) in [6, 6.07) is 3.39. The van der Waals surface area contributed by atoms with E-state index in [1.54, 1.807) is 12.1 Å². The SMILES string of the molecule is C=C(Cn1nnc(-c2ccco2)n1)C(=O)O. The minimum Gasteiger partial charge on any atom is -0.478 e. The lowest BCUT2D eigenvalue weighted by Gasteiger charge is -1.96. The molecule has 0 radical (unpaired) electrons. The zero-order valence-electron chi connectivity index (χ0n) is 8.20. The molecule has 0 unspecified atom stereocenters. The van der Waals surface area contributed by atoms with Crippen LogP contribution in [0.5, 0.6) is 0 Å². The third-order valence-corrected chi connectivity index (χ3v) is 1.83. The van der Waals surface area contributed by atoms with Crippen LogP contribution in [0.1, 0.15) is 0 Å². The predicted molar refractivity (Wildman–Crippen MR) is 52.3 cm³/mol. The highest BCUT2D eigenvalue weighted by atomic mass is 16.4. The number of hydrogen-bond acceptors (Lipinski definition) is 5. The highest BCUT2D eigenvalue weighted by molar-refractivity contribution is 5.85. The molecule has 1 N–H and O–H groups in total. The fraction of sp³-hybridized carbons (Fsp3) is 0.111. The second-order valence-electron chi connectivity index (χ2n) is 3.03. The average Bonchev–Trinajstić information content (AvgIpc) is 2.85. The number of carbonyl (C=O) groups is 1. The minimum absolute atomic E-state index is 0.0107. The van der Waals surface area contributed by atoms with Crippen molar-refractivity contribution in [3.8, 4) is 11.6 Å². The summed E-state index contributed by atoms with van der Waals surface area (Å²) < 4.78 is 5.07. The number of furan rings is 1. The van der Waals surface area contributed by atoms with Crippen molar-refractivity contribution in [2.24, 2.45) is 0 Å². The van der Waals surface area contributed by atoms with Gasteiger partial charge in [-0.15, -0.1) is 10.2 Å². The van der Waals surface area contributed by atoms with Crippen LogP contribution in [0.25, 0.3) is 11.6 Å². The van der Waals surface area contributed by atoms with E-state index in [9.17, 15) is 4.79 Å². The second-order valence-corrected chi connectivity index (χ2v) is 3.03. The van der Waals surface area contributed by atoms with Gasteiger partial charge < -0.3 is 9.52 Å². The Hall–Kier alpha value is -2.44. The van der Waals surface area contributed by atoms with Crippen LogP contribution in [-0.4, -0.2) is 31.3 Å². The number of nitrogens with zero attached hydrogens (tertiary/aromatic N) is 4. The van der Waals surface area contributed by atoms with Gasteiger partial charge in [-0.1, -0.05) is 6.58 Å². The first-order valence-corrected chi connectivity index (χ1v) is 4.39. The van der Waals surface area contributed by atoms with E-state index in [-0.39, 0.29) is 12.1 Å². The highest BCUT2D eigenvalue weighted by Gasteiger charge is 2.11. The topological polar surface area (TPSA) is 94.0 Å². The van der Waals surface area contributed by atoms with E-state index in [1.807, 2.05) is 0 Å². The van der Waals surface area contributed by atoms with E-state index >= 15 is 0 Å². The van der Waals surface area contributed by atoms with Crippen molar-refractivity contribution in [1.29, 1.82) is 0 Å². The van der Waals surface area contributed by atoms with Gasteiger partial charge in [0.1, 0.15) is 0 Å². The lowest BCUT2D eigenvalue weighted by atomic mass is 10.3. The summed E-state index contributed by atoms with van der Waals surface area (Å²) >= 11 is 0. The van der Waals surface area contributed by atoms with Crippen molar-refractivity contribution in [3.05, 3.63) is 30.5 Å². The summed E-state index contributed by atoms with van der Waals surface area (Å²) in [5.41, 5.74) is -0.0107. The molecule has 7 nitrogen and oxygen atoms in total. The molecule has 0 aliphatic heterocycles. The van der Waals surface area contributed by atoms with Crippen LogP contribution < -0.4 is 0 Å². The first-order valence-electron chi connectivity index (χ1n) is 4.39. The lowest BCUT2D eigenvalue weighted by Crippen LogP contribution is -2.10. The standard InChI is InChI=1S/C9H8N4O3/c1-6(9(14)15)5-13-11-8(10-12-13)7-3-2-4-16-7/h2-4H,1,5H2,(H,14,15). The summed E-state index contributed by atoms with van der Waals surface area (Å²) in [7, 11) is 0. The summed E-state index contributed by atoms with van der Waals surface area (Å²) in [6.45, 7) is 3.36. The zero-order chi connectivity index (χ0) is 11.5. The summed E-state index contributed by atoms with van der Waals surface area (Å²) in [6.07, 6.45) is 1.49. The van der Waals surface area contributed by atoms with Crippen LogP contribution >= 0.6 is 0 Å². The van der Waals surface area contributed by atoms with Crippen LogP contribution in [0.15, 0.2) is 35.0 Å². The first-order chi connectivity index (χ1) is 7.66. The van der Waals surface area contributed by atoms with E-state index in [0.717, 1.165) is 4.80 Å². The van der Waals surface area contributed by atoms with Gasteiger partial charge in [0, 0.05) is 0 Å². The Morgan fingerprint density at radius 2 is 2.44 bits per heavy atom. The van der Waals surface area contributed by atoms with Gasteiger partial charge in [-0.2, -0.15) is 4.80 Å². The van der Waals surface area contributed by atoms with Crippen molar-refractivity contribution in [3.63, 3.8) is 0 Å². The molecule has 0 amide bonds. The fourth-order valence-corrected chi connectivity index (χ4v) is 1.05. The largest absolute Gasteiger partial charge is 0.478 e. The molecule has 0 atom stereocenters. The van der Waals surface area contributed by atoms with E-state index in [4.69, 9.17) is 9.52 Å². The normalized spacial score (nSPS) is 10.2. The van der Waals surface area contributed by atoms with E-state index in [0.29, 0.717) is 11.6 Å². The molecular formula is C9H8N4O3.